The maximum absolute atomic E-state index is 13.2. The number of nitrogen functional groups attached to an aromatic ring is 2. The van der Waals surface area contributed by atoms with E-state index in [0.717, 1.165) is 6.07 Å². The minimum atomic E-state index is -1.09. The Hall–Kier alpha value is -2.44. The largest absolute Gasteiger partial charge is 0.396 e. The number of nitrogens with zero attached hydrogens (tertiary/aromatic N) is 3. The van der Waals surface area contributed by atoms with Crippen LogP contribution in [0, 0.1) is 18.6 Å². The van der Waals surface area contributed by atoms with E-state index in [4.69, 9.17) is 11.5 Å². The van der Waals surface area contributed by atoms with Crippen LogP contribution in [0.4, 0.5) is 20.4 Å². The monoisotopic (exact) mass is 251 g/mol. The van der Waals surface area contributed by atoms with Gasteiger partial charge in [-0.05, 0) is 19.1 Å². The molecule has 2 rings (SSSR count). The molecule has 0 unspecified atom stereocenters. The first-order valence-corrected chi connectivity index (χ1v) is 5.08. The molecule has 4 N–H and O–H groups in total. The van der Waals surface area contributed by atoms with E-state index in [1.165, 1.54) is 17.0 Å². The number of hydrogen-bond acceptors (Lipinski definition) is 4. The molecule has 0 aliphatic carbocycles. The first-order valence-electron chi connectivity index (χ1n) is 5.08. The molecule has 94 valence electrons. The van der Waals surface area contributed by atoms with Crippen molar-refractivity contribution in [2.75, 3.05) is 11.5 Å². The van der Waals surface area contributed by atoms with Gasteiger partial charge in [0.2, 0.25) is 5.95 Å². The lowest BCUT2D eigenvalue weighted by Crippen LogP contribution is -2.01. The summed E-state index contributed by atoms with van der Waals surface area (Å²) in [6.07, 6.45) is 2.89. The molecule has 0 amide bonds. The second-order valence-electron chi connectivity index (χ2n) is 3.69. The van der Waals surface area contributed by atoms with E-state index >= 15 is 0 Å². The van der Waals surface area contributed by atoms with Gasteiger partial charge in [-0.15, -0.1) is 0 Å². The van der Waals surface area contributed by atoms with Crippen molar-refractivity contribution >= 4 is 17.9 Å². The van der Waals surface area contributed by atoms with Gasteiger partial charge in [0, 0.05) is 5.56 Å². The summed E-state index contributed by atoms with van der Waals surface area (Å²) in [4.78, 5) is 3.94. The standard InChI is InChI=1S/C11H11F2N5/c1-6-5-18(11(15)17-6)16-4-7-2-3-8(12)9(13)10(7)14/h2-5H,14H2,1H3,(H2,15,17). The summed E-state index contributed by atoms with van der Waals surface area (Å²) < 4.78 is 27.4. The van der Waals surface area contributed by atoms with Crippen molar-refractivity contribution in [1.82, 2.24) is 9.66 Å². The first kappa shape index (κ1) is 12.0. The molecular formula is C11H11F2N5. The van der Waals surface area contributed by atoms with Crippen LogP contribution in [0.1, 0.15) is 11.3 Å². The second kappa shape index (κ2) is 4.44. The van der Waals surface area contributed by atoms with Crippen molar-refractivity contribution in [3.8, 4) is 0 Å². The lowest BCUT2D eigenvalue weighted by Gasteiger charge is -2.02. The fraction of sp³-hybridized carbons (Fsp3) is 0.0909. The fourth-order valence-corrected chi connectivity index (χ4v) is 1.41. The average Bonchev–Trinajstić information content (AvgIpc) is 2.64. The average molecular weight is 251 g/mol. The van der Waals surface area contributed by atoms with Crippen molar-refractivity contribution in [2.45, 2.75) is 6.92 Å². The number of anilines is 2. The number of imidazole rings is 1. The molecular weight excluding hydrogens is 240 g/mol. The van der Waals surface area contributed by atoms with Gasteiger partial charge in [-0.25, -0.2) is 18.4 Å². The predicted molar refractivity (Wildman–Crippen MR) is 65.1 cm³/mol. The van der Waals surface area contributed by atoms with Crippen LogP contribution in [0.2, 0.25) is 0 Å². The molecule has 0 bridgehead atoms. The quantitative estimate of drug-likeness (QED) is 0.627. The molecule has 2 aromatic rings. The van der Waals surface area contributed by atoms with Gasteiger partial charge >= 0.3 is 0 Å². The van der Waals surface area contributed by atoms with E-state index in [0.29, 0.717) is 5.69 Å². The van der Waals surface area contributed by atoms with Gasteiger partial charge in [-0.1, -0.05) is 0 Å². The first-order chi connectivity index (χ1) is 8.49. The predicted octanol–water partition coefficient (Wildman–Crippen LogP) is 1.52. The molecule has 0 aliphatic rings. The maximum atomic E-state index is 13.2. The van der Waals surface area contributed by atoms with Crippen molar-refractivity contribution in [3.63, 3.8) is 0 Å². The Morgan fingerprint density at radius 1 is 1.33 bits per heavy atom. The van der Waals surface area contributed by atoms with Crippen molar-refractivity contribution in [2.24, 2.45) is 5.10 Å². The topological polar surface area (TPSA) is 82.2 Å². The highest BCUT2D eigenvalue weighted by atomic mass is 19.2. The highest BCUT2D eigenvalue weighted by molar-refractivity contribution is 5.87. The van der Waals surface area contributed by atoms with Gasteiger partial charge < -0.3 is 11.5 Å². The van der Waals surface area contributed by atoms with Gasteiger partial charge in [0.25, 0.3) is 0 Å². The van der Waals surface area contributed by atoms with Crippen LogP contribution < -0.4 is 11.5 Å². The third-order valence-electron chi connectivity index (χ3n) is 2.32. The van der Waals surface area contributed by atoms with Crippen molar-refractivity contribution < 1.29 is 8.78 Å². The number of benzene rings is 1. The Morgan fingerprint density at radius 2 is 2.06 bits per heavy atom. The van der Waals surface area contributed by atoms with Crippen LogP contribution in [0.3, 0.4) is 0 Å². The fourth-order valence-electron chi connectivity index (χ4n) is 1.41. The van der Waals surface area contributed by atoms with Gasteiger partial charge in [-0.3, -0.25) is 0 Å². The van der Waals surface area contributed by atoms with Gasteiger partial charge in [0.1, 0.15) is 0 Å². The Kier molecular flexibility index (Phi) is 2.97. The zero-order valence-corrected chi connectivity index (χ0v) is 9.56. The van der Waals surface area contributed by atoms with Gasteiger partial charge in [-0.2, -0.15) is 5.10 Å². The van der Waals surface area contributed by atoms with E-state index in [-0.39, 0.29) is 17.2 Å². The molecule has 1 heterocycles. The summed E-state index contributed by atoms with van der Waals surface area (Å²) in [5.41, 5.74) is 11.7. The number of aryl methyl sites for hydroxylation is 1. The van der Waals surface area contributed by atoms with E-state index in [9.17, 15) is 8.78 Å². The lowest BCUT2D eigenvalue weighted by molar-refractivity contribution is 0.512. The molecule has 0 fully saturated rings. The summed E-state index contributed by atoms with van der Waals surface area (Å²) >= 11 is 0. The summed E-state index contributed by atoms with van der Waals surface area (Å²) in [5.74, 6) is -1.89. The summed E-state index contributed by atoms with van der Waals surface area (Å²) in [6, 6.07) is 2.31. The smallest absolute Gasteiger partial charge is 0.221 e. The van der Waals surface area contributed by atoms with Gasteiger partial charge in [0.15, 0.2) is 11.6 Å². The molecule has 1 aromatic heterocycles. The molecule has 1 aromatic carbocycles. The van der Waals surface area contributed by atoms with Crippen LogP contribution in [-0.2, 0) is 0 Å². The zero-order valence-electron chi connectivity index (χ0n) is 9.56. The van der Waals surface area contributed by atoms with Crippen LogP contribution >= 0.6 is 0 Å². The molecule has 0 radical (unpaired) electrons. The third-order valence-corrected chi connectivity index (χ3v) is 2.32. The number of nitrogens with two attached hydrogens (primary N) is 2. The molecule has 0 atom stereocenters. The third kappa shape index (κ3) is 2.15. The Labute approximate surface area is 102 Å². The zero-order chi connectivity index (χ0) is 13.3. The van der Waals surface area contributed by atoms with Crippen LogP contribution in [0.5, 0.6) is 0 Å². The maximum Gasteiger partial charge on any atom is 0.221 e. The number of halogens is 2. The van der Waals surface area contributed by atoms with Gasteiger partial charge in [0.05, 0.1) is 23.8 Å². The van der Waals surface area contributed by atoms with Crippen molar-refractivity contribution in [1.29, 1.82) is 0 Å². The highest BCUT2D eigenvalue weighted by Crippen LogP contribution is 2.17. The number of hydrogen-bond donors (Lipinski definition) is 2. The normalized spacial score (nSPS) is 11.3. The summed E-state index contributed by atoms with van der Waals surface area (Å²) in [5, 5.41) is 3.96. The Balaban J connectivity index is 2.35. The Bertz CT molecular complexity index is 618. The van der Waals surface area contributed by atoms with Crippen LogP contribution in [0.15, 0.2) is 23.4 Å². The van der Waals surface area contributed by atoms with E-state index < -0.39 is 11.6 Å². The molecule has 0 aliphatic heterocycles. The Morgan fingerprint density at radius 3 is 2.67 bits per heavy atom. The van der Waals surface area contributed by atoms with Crippen LogP contribution in [-0.4, -0.2) is 15.9 Å². The molecule has 5 nitrogen and oxygen atoms in total. The molecule has 0 saturated heterocycles. The molecule has 0 saturated carbocycles. The van der Waals surface area contributed by atoms with Crippen molar-refractivity contribution in [3.05, 3.63) is 41.2 Å². The minimum absolute atomic E-state index is 0.199. The molecule has 0 spiro atoms. The summed E-state index contributed by atoms with van der Waals surface area (Å²) in [6.45, 7) is 1.76. The number of aromatic nitrogens is 2. The SMILES string of the molecule is Cc1cn(N=Cc2ccc(F)c(F)c2N)c(N)n1. The molecule has 7 heteroatoms. The second-order valence-corrected chi connectivity index (χ2v) is 3.69. The summed E-state index contributed by atoms with van der Waals surface area (Å²) in [7, 11) is 0. The van der Waals surface area contributed by atoms with Crippen LogP contribution in [0.25, 0.3) is 0 Å². The van der Waals surface area contributed by atoms with E-state index in [2.05, 4.69) is 10.1 Å². The van der Waals surface area contributed by atoms with E-state index in [1.54, 1.807) is 13.1 Å². The van der Waals surface area contributed by atoms with E-state index in [1.807, 2.05) is 0 Å². The highest BCUT2D eigenvalue weighted by Gasteiger charge is 2.09. The lowest BCUT2D eigenvalue weighted by atomic mass is 10.2. The minimum Gasteiger partial charge on any atom is -0.396 e. The molecule has 18 heavy (non-hydrogen) atoms. The number of rotatable bonds is 2.